The third kappa shape index (κ3) is 4.20. The largest absolute Gasteiger partial charge is 0.482 e. The van der Waals surface area contributed by atoms with Crippen LogP contribution in [0.2, 0.25) is 0 Å². The van der Waals surface area contributed by atoms with E-state index in [0.717, 1.165) is 0 Å². The van der Waals surface area contributed by atoms with Gasteiger partial charge in [0.05, 0.1) is 0 Å². The number of hydrogen-bond acceptors (Lipinski definition) is 2. The number of hydrogen-bond donors (Lipinski definition) is 1. The van der Waals surface area contributed by atoms with Crippen molar-refractivity contribution in [1.29, 1.82) is 0 Å². The molecule has 0 aliphatic carbocycles. The number of para-hydroxylation sites is 1. The van der Waals surface area contributed by atoms with Gasteiger partial charge in [0.15, 0.2) is 6.61 Å². The molecule has 12 heavy (non-hydrogen) atoms. The molecule has 0 aromatic heterocycles. The Labute approximate surface area is 86.5 Å². The lowest BCUT2D eigenvalue weighted by atomic mass is 10.3. The summed E-state index contributed by atoms with van der Waals surface area (Å²) >= 11 is 0. The van der Waals surface area contributed by atoms with E-state index in [1.54, 1.807) is 24.3 Å². The summed E-state index contributed by atoms with van der Waals surface area (Å²) < 4.78 is 4.87. The van der Waals surface area contributed by atoms with Gasteiger partial charge in [-0.25, -0.2) is 4.79 Å². The highest BCUT2D eigenvalue weighted by Crippen LogP contribution is 2.07. The van der Waals surface area contributed by atoms with Gasteiger partial charge in [-0.15, -0.1) is 0 Å². The number of rotatable bonds is 3. The molecule has 62 valence electrons. The first-order chi connectivity index (χ1) is 5.29. The van der Waals surface area contributed by atoms with E-state index in [-0.39, 0.29) is 29.7 Å². The van der Waals surface area contributed by atoms with Crippen LogP contribution in [-0.2, 0) is 4.79 Å². The number of aliphatic carboxylic acids is 1. The number of benzene rings is 1. The third-order valence-electron chi connectivity index (χ3n) is 1.11. The first-order valence-electron chi connectivity index (χ1n) is 3.18. The molecule has 0 saturated heterocycles. The van der Waals surface area contributed by atoms with Crippen LogP contribution in [0.25, 0.3) is 0 Å². The third-order valence-corrected chi connectivity index (χ3v) is 1.11. The first-order valence-corrected chi connectivity index (χ1v) is 3.18. The van der Waals surface area contributed by atoms with Gasteiger partial charge in [-0.3, -0.25) is 0 Å². The van der Waals surface area contributed by atoms with Gasteiger partial charge >= 0.3 is 29.0 Å². The molecule has 0 atom stereocenters. The molecular formula is C8H10MgO3. The van der Waals surface area contributed by atoms with E-state index < -0.39 is 5.97 Å². The van der Waals surface area contributed by atoms with Crippen molar-refractivity contribution in [3.63, 3.8) is 0 Å². The molecule has 0 bridgehead atoms. The molecular weight excluding hydrogens is 168 g/mol. The number of carboxylic acid groups (broad SMARTS) is 1. The molecule has 0 radical (unpaired) electrons. The maximum Gasteiger partial charge on any atom is 0.341 e. The monoisotopic (exact) mass is 178 g/mol. The molecule has 0 unspecified atom stereocenters. The fraction of sp³-hybridized carbons (Fsp3) is 0.125. The Hall–Kier alpha value is -0.744. The molecule has 1 rings (SSSR count). The van der Waals surface area contributed by atoms with Crippen molar-refractivity contribution in [3.05, 3.63) is 30.3 Å². The molecule has 1 N–H and O–H groups in total. The van der Waals surface area contributed by atoms with E-state index in [4.69, 9.17) is 9.84 Å². The summed E-state index contributed by atoms with van der Waals surface area (Å²) in [6.45, 7) is -0.288. The van der Waals surface area contributed by atoms with Crippen molar-refractivity contribution < 1.29 is 14.6 Å². The van der Waals surface area contributed by atoms with Crippen LogP contribution in [0.15, 0.2) is 30.3 Å². The minimum Gasteiger partial charge on any atom is -0.482 e. The van der Waals surface area contributed by atoms with Gasteiger partial charge in [0.25, 0.3) is 0 Å². The van der Waals surface area contributed by atoms with Gasteiger partial charge in [0, 0.05) is 0 Å². The van der Waals surface area contributed by atoms with Crippen molar-refractivity contribution in [2.45, 2.75) is 0 Å². The van der Waals surface area contributed by atoms with Crippen molar-refractivity contribution >= 4 is 29.0 Å². The van der Waals surface area contributed by atoms with E-state index in [9.17, 15) is 4.79 Å². The minimum atomic E-state index is -0.964. The Morgan fingerprint density at radius 3 is 2.42 bits per heavy atom. The maximum atomic E-state index is 10.0. The highest BCUT2D eigenvalue weighted by Gasteiger charge is 1.96. The molecule has 0 spiro atoms. The zero-order valence-corrected chi connectivity index (χ0v) is 5.86. The number of ether oxygens (including phenoxy) is 1. The standard InChI is InChI=1S/C8H8O3.Mg.2H/c9-8(10)6-11-7-4-2-1-3-5-7;;;/h1-5H,6H2,(H,9,10);;;. The minimum absolute atomic E-state index is 0. The van der Waals surface area contributed by atoms with E-state index in [1.807, 2.05) is 6.07 Å². The zero-order valence-electron chi connectivity index (χ0n) is 5.86. The molecule has 1 aromatic rings. The predicted molar refractivity (Wildman–Crippen MR) is 48.1 cm³/mol. The first kappa shape index (κ1) is 11.3. The van der Waals surface area contributed by atoms with Gasteiger partial charge < -0.3 is 9.84 Å². The summed E-state index contributed by atoms with van der Waals surface area (Å²) in [6.07, 6.45) is 0. The molecule has 0 aliphatic heterocycles. The average molecular weight is 178 g/mol. The Balaban J connectivity index is 0.00000121. The van der Waals surface area contributed by atoms with E-state index in [0.29, 0.717) is 5.75 Å². The Morgan fingerprint density at radius 1 is 1.33 bits per heavy atom. The molecule has 0 saturated carbocycles. The Morgan fingerprint density at radius 2 is 1.92 bits per heavy atom. The zero-order chi connectivity index (χ0) is 8.10. The number of carbonyl (C=O) groups is 1. The molecule has 0 amide bonds. The average Bonchev–Trinajstić information content (AvgIpc) is 2.03. The lowest BCUT2D eigenvalue weighted by molar-refractivity contribution is -0.139. The predicted octanol–water partition coefficient (Wildman–Crippen LogP) is 0.234. The second-order valence-corrected chi connectivity index (χ2v) is 2.00. The smallest absolute Gasteiger partial charge is 0.341 e. The van der Waals surface area contributed by atoms with Crippen LogP contribution in [-0.4, -0.2) is 40.7 Å². The van der Waals surface area contributed by atoms with Crippen LogP contribution in [0.3, 0.4) is 0 Å². The molecule has 0 fully saturated rings. The second kappa shape index (κ2) is 5.85. The van der Waals surface area contributed by atoms with Gasteiger partial charge in [-0.1, -0.05) is 18.2 Å². The fourth-order valence-electron chi connectivity index (χ4n) is 0.662. The molecule has 1 aromatic carbocycles. The van der Waals surface area contributed by atoms with Crippen molar-refractivity contribution in [2.75, 3.05) is 6.61 Å². The van der Waals surface area contributed by atoms with Crippen molar-refractivity contribution in [1.82, 2.24) is 0 Å². The Bertz CT molecular complexity index is 235. The van der Waals surface area contributed by atoms with E-state index >= 15 is 0 Å². The van der Waals surface area contributed by atoms with Crippen LogP contribution in [0.4, 0.5) is 0 Å². The lowest BCUT2D eigenvalue weighted by Gasteiger charge is -2.00. The van der Waals surface area contributed by atoms with Gasteiger partial charge in [0.1, 0.15) is 5.75 Å². The van der Waals surface area contributed by atoms with Crippen LogP contribution >= 0.6 is 0 Å². The van der Waals surface area contributed by atoms with Gasteiger partial charge in [-0.05, 0) is 12.1 Å². The van der Waals surface area contributed by atoms with Crippen LogP contribution in [0, 0.1) is 0 Å². The molecule has 0 heterocycles. The maximum absolute atomic E-state index is 10.0. The molecule has 4 heteroatoms. The summed E-state index contributed by atoms with van der Waals surface area (Å²) in [6, 6.07) is 8.84. The normalized spacial score (nSPS) is 8.33. The van der Waals surface area contributed by atoms with E-state index in [2.05, 4.69) is 0 Å². The highest BCUT2D eigenvalue weighted by molar-refractivity contribution is 5.75. The van der Waals surface area contributed by atoms with Crippen molar-refractivity contribution in [2.24, 2.45) is 0 Å². The van der Waals surface area contributed by atoms with Crippen LogP contribution in [0.5, 0.6) is 5.75 Å². The quantitative estimate of drug-likeness (QED) is 0.674. The second-order valence-electron chi connectivity index (χ2n) is 2.00. The Kier molecular flexibility index (Phi) is 5.49. The SMILES string of the molecule is O=C(O)COc1ccccc1.[MgH2]. The van der Waals surface area contributed by atoms with Gasteiger partial charge in [0.2, 0.25) is 0 Å². The summed E-state index contributed by atoms with van der Waals surface area (Å²) in [4.78, 5) is 10.0. The lowest BCUT2D eigenvalue weighted by Crippen LogP contribution is -2.09. The molecule has 3 nitrogen and oxygen atoms in total. The van der Waals surface area contributed by atoms with Crippen molar-refractivity contribution in [3.8, 4) is 5.75 Å². The molecule has 0 aliphatic rings. The van der Waals surface area contributed by atoms with E-state index in [1.165, 1.54) is 0 Å². The van der Waals surface area contributed by atoms with Crippen LogP contribution in [0.1, 0.15) is 0 Å². The topological polar surface area (TPSA) is 46.5 Å². The summed E-state index contributed by atoms with van der Waals surface area (Å²) in [5.41, 5.74) is 0. The fourth-order valence-corrected chi connectivity index (χ4v) is 0.662. The summed E-state index contributed by atoms with van der Waals surface area (Å²) in [5, 5.41) is 8.25. The number of carboxylic acids is 1. The summed E-state index contributed by atoms with van der Waals surface area (Å²) in [7, 11) is 0. The van der Waals surface area contributed by atoms with Gasteiger partial charge in [-0.2, -0.15) is 0 Å². The highest BCUT2D eigenvalue weighted by atomic mass is 24.3. The van der Waals surface area contributed by atoms with Crippen LogP contribution < -0.4 is 4.74 Å². The summed E-state index contributed by atoms with van der Waals surface area (Å²) in [5.74, 6) is -0.385.